The molecule has 0 saturated heterocycles. The highest BCUT2D eigenvalue weighted by Crippen LogP contribution is 2.22. The second kappa shape index (κ2) is 4.74. The number of Topliss-reactive ketones (excluding diaryl/α,β-unsaturated/α-hetero) is 1. The summed E-state index contributed by atoms with van der Waals surface area (Å²) in [5.74, 6) is 0.716. The Morgan fingerprint density at radius 1 is 1.15 bits per heavy atom. The maximum Gasteiger partial charge on any atom is 0.159 e. The van der Waals surface area contributed by atoms with E-state index in [4.69, 9.17) is 0 Å². The van der Waals surface area contributed by atoms with Crippen molar-refractivity contribution in [1.29, 1.82) is 0 Å². The van der Waals surface area contributed by atoms with Crippen LogP contribution >= 0.6 is 0 Å². The molecule has 0 aliphatic carbocycles. The first-order chi connectivity index (χ1) is 9.69. The first kappa shape index (κ1) is 12.3. The van der Waals surface area contributed by atoms with Crippen molar-refractivity contribution < 1.29 is 9.59 Å². The third kappa shape index (κ3) is 2.01. The number of ketones is 1. The number of aromatic amines is 1. The van der Waals surface area contributed by atoms with Gasteiger partial charge in [-0.15, -0.1) is 0 Å². The Morgan fingerprint density at radius 2 is 1.90 bits per heavy atom. The second-order valence-corrected chi connectivity index (χ2v) is 4.58. The zero-order valence-electron chi connectivity index (χ0n) is 10.9. The Labute approximate surface area is 115 Å². The molecule has 0 fully saturated rings. The van der Waals surface area contributed by atoms with Crippen molar-refractivity contribution in [2.45, 2.75) is 6.92 Å². The molecule has 3 aromatic rings. The molecule has 0 aliphatic heterocycles. The largest absolute Gasteiger partial charge is 0.338 e. The van der Waals surface area contributed by atoms with E-state index < -0.39 is 0 Å². The molecular formula is C16H12N2O2. The predicted molar refractivity (Wildman–Crippen MR) is 76.9 cm³/mol. The number of nitrogens with one attached hydrogen (secondary N) is 1. The van der Waals surface area contributed by atoms with Crippen LogP contribution in [0.3, 0.4) is 0 Å². The topological polar surface area (TPSA) is 62.8 Å². The monoisotopic (exact) mass is 264 g/mol. The number of nitrogens with zero attached hydrogens (tertiary/aromatic N) is 1. The van der Waals surface area contributed by atoms with E-state index in [1.807, 2.05) is 24.3 Å². The summed E-state index contributed by atoms with van der Waals surface area (Å²) in [5, 5.41) is 0. The van der Waals surface area contributed by atoms with Gasteiger partial charge in [0.15, 0.2) is 12.1 Å². The third-order valence-electron chi connectivity index (χ3n) is 3.24. The number of H-pyrrole nitrogens is 1. The maximum atomic E-state index is 11.3. The molecule has 0 saturated carbocycles. The van der Waals surface area contributed by atoms with Gasteiger partial charge in [0.2, 0.25) is 0 Å². The molecule has 1 heterocycles. The van der Waals surface area contributed by atoms with Crippen LogP contribution < -0.4 is 0 Å². The van der Waals surface area contributed by atoms with E-state index in [2.05, 4.69) is 9.97 Å². The molecule has 98 valence electrons. The van der Waals surface area contributed by atoms with Gasteiger partial charge in [-0.2, -0.15) is 0 Å². The predicted octanol–water partition coefficient (Wildman–Crippen LogP) is 3.25. The molecule has 1 aromatic heterocycles. The summed E-state index contributed by atoms with van der Waals surface area (Å²) in [6.07, 6.45) is 0.797. The number of rotatable bonds is 3. The molecule has 0 aliphatic rings. The molecule has 4 heteroatoms. The second-order valence-electron chi connectivity index (χ2n) is 4.58. The van der Waals surface area contributed by atoms with E-state index in [1.54, 1.807) is 18.2 Å². The summed E-state index contributed by atoms with van der Waals surface area (Å²) in [6.45, 7) is 1.53. The van der Waals surface area contributed by atoms with Gasteiger partial charge < -0.3 is 4.98 Å². The van der Waals surface area contributed by atoms with Crippen LogP contribution in [0.1, 0.15) is 27.6 Å². The lowest BCUT2D eigenvalue weighted by Crippen LogP contribution is -1.91. The van der Waals surface area contributed by atoms with Gasteiger partial charge in [-0.25, -0.2) is 4.98 Å². The average Bonchev–Trinajstić information content (AvgIpc) is 2.91. The Morgan fingerprint density at radius 3 is 2.55 bits per heavy atom. The van der Waals surface area contributed by atoms with Crippen molar-refractivity contribution in [2.24, 2.45) is 0 Å². The minimum atomic E-state index is 0.0318. The van der Waals surface area contributed by atoms with Crippen LogP contribution in [-0.4, -0.2) is 22.0 Å². The molecule has 0 unspecified atom stereocenters. The zero-order valence-corrected chi connectivity index (χ0v) is 10.9. The van der Waals surface area contributed by atoms with Crippen molar-refractivity contribution in [3.05, 3.63) is 53.6 Å². The SMILES string of the molecule is CC(=O)c1ccc(-c2nc3c(C=O)cccc3[nH]2)cc1. The lowest BCUT2D eigenvalue weighted by Gasteiger charge is -1.98. The number of para-hydroxylation sites is 1. The van der Waals surface area contributed by atoms with Gasteiger partial charge in [0.1, 0.15) is 5.82 Å². The van der Waals surface area contributed by atoms with Crippen LogP contribution in [0.4, 0.5) is 0 Å². The summed E-state index contributed by atoms with van der Waals surface area (Å²) in [6, 6.07) is 12.6. The van der Waals surface area contributed by atoms with Gasteiger partial charge in [-0.05, 0) is 19.1 Å². The van der Waals surface area contributed by atoms with Crippen molar-refractivity contribution in [3.63, 3.8) is 0 Å². The Hall–Kier alpha value is -2.75. The van der Waals surface area contributed by atoms with E-state index in [9.17, 15) is 9.59 Å². The standard InChI is InChI=1S/C16H12N2O2/c1-10(20)11-5-7-12(8-6-11)16-17-14-4-2-3-13(9-19)15(14)18-16/h2-9H,1H3,(H,17,18). The molecule has 0 radical (unpaired) electrons. The Bertz CT molecular complexity index is 801. The van der Waals surface area contributed by atoms with Crippen LogP contribution in [0.2, 0.25) is 0 Å². The summed E-state index contributed by atoms with van der Waals surface area (Å²) < 4.78 is 0. The molecule has 0 spiro atoms. The number of hydrogen-bond donors (Lipinski definition) is 1. The summed E-state index contributed by atoms with van der Waals surface area (Å²) in [4.78, 5) is 29.9. The third-order valence-corrected chi connectivity index (χ3v) is 3.24. The van der Waals surface area contributed by atoms with Crippen molar-refractivity contribution in [1.82, 2.24) is 9.97 Å². The van der Waals surface area contributed by atoms with Crippen molar-refractivity contribution in [2.75, 3.05) is 0 Å². The fourth-order valence-corrected chi connectivity index (χ4v) is 2.15. The van der Waals surface area contributed by atoms with Gasteiger partial charge >= 0.3 is 0 Å². The zero-order chi connectivity index (χ0) is 14.1. The average molecular weight is 264 g/mol. The number of aldehydes is 1. The van der Waals surface area contributed by atoms with Gasteiger partial charge in [-0.3, -0.25) is 9.59 Å². The van der Waals surface area contributed by atoms with E-state index >= 15 is 0 Å². The minimum absolute atomic E-state index is 0.0318. The number of fused-ring (bicyclic) bond motifs is 1. The molecule has 3 rings (SSSR count). The van der Waals surface area contributed by atoms with Gasteiger partial charge in [0.05, 0.1) is 11.0 Å². The molecule has 0 amide bonds. The van der Waals surface area contributed by atoms with E-state index in [0.29, 0.717) is 22.5 Å². The fraction of sp³-hybridized carbons (Fsp3) is 0.0625. The number of imidazole rings is 1. The normalized spacial score (nSPS) is 10.7. The number of benzene rings is 2. The van der Waals surface area contributed by atoms with Crippen molar-refractivity contribution >= 4 is 23.1 Å². The highest BCUT2D eigenvalue weighted by molar-refractivity contribution is 5.96. The summed E-state index contributed by atoms with van der Waals surface area (Å²) in [7, 11) is 0. The highest BCUT2D eigenvalue weighted by atomic mass is 16.1. The number of carbonyl (C=O) groups is 2. The summed E-state index contributed by atoms with van der Waals surface area (Å²) >= 11 is 0. The van der Waals surface area contributed by atoms with Gasteiger partial charge in [0, 0.05) is 16.7 Å². The molecule has 0 bridgehead atoms. The molecular weight excluding hydrogens is 252 g/mol. The first-order valence-corrected chi connectivity index (χ1v) is 6.24. The van der Waals surface area contributed by atoms with E-state index in [1.165, 1.54) is 6.92 Å². The smallest absolute Gasteiger partial charge is 0.159 e. The van der Waals surface area contributed by atoms with Crippen LogP contribution in [0.25, 0.3) is 22.4 Å². The van der Waals surface area contributed by atoms with E-state index in [-0.39, 0.29) is 5.78 Å². The summed E-state index contributed by atoms with van der Waals surface area (Å²) in [5.41, 5.74) is 3.58. The Balaban J connectivity index is 2.10. The lowest BCUT2D eigenvalue weighted by molar-refractivity contribution is 0.101. The number of carbonyl (C=O) groups excluding carboxylic acids is 2. The molecule has 20 heavy (non-hydrogen) atoms. The van der Waals surface area contributed by atoms with Crippen LogP contribution in [-0.2, 0) is 0 Å². The first-order valence-electron chi connectivity index (χ1n) is 6.24. The van der Waals surface area contributed by atoms with Gasteiger partial charge in [-0.1, -0.05) is 30.3 Å². The molecule has 2 aromatic carbocycles. The lowest BCUT2D eigenvalue weighted by atomic mass is 10.1. The maximum absolute atomic E-state index is 11.3. The van der Waals surface area contributed by atoms with Crippen LogP contribution in [0.15, 0.2) is 42.5 Å². The van der Waals surface area contributed by atoms with Crippen LogP contribution in [0, 0.1) is 0 Å². The number of aromatic nitrogens is 2. The van der Waals surface area contributed by atoms with E-state index in [0.717, 1.165) is 17.4 Å². The van der Waals surface area contributed by atoms with Gasteiger partial charge in [0.25, 0.3) is 0 Å². The Kier molecular flexibility index (Phi) is 2.91. The quantitative estimate of drug-likeness (QED) is 0.583. The molecule has 4 nitrogen and oxygen atoms in total. The molecule has 0 atom stereocenters. The minimum Gasteiger partial charge on any atom is -0.338 e. The van der Waals surface area contributed by atoms with Crippen molar-refractivity contribution in [3.8, 4) is 11.4 Å². The number of hydrogen-bond acceptors (Lipinski definition) is 3. The fourth-order valence-electron chi connectivity index (χ4n) is 2.15. The molecule has 1 N–H and O–H groups in total. The van der Waals surface area contributed by atoms with Crippen LogP contribution in [0.5, 0.6) is 0 Å². The highest BCUT2D eigenvalue weighted by Gasteiger charge is 2.08.